The van der Waals surface area contributed by atoms with Crippen molar-refractivity contribution in [2.24, 2.45) is 0 Å². The number of nitrogens with one attached hydrogen (secondary N) is 1. The van der Waals surface area contributed by atoms with Gasteiger partial charge in [0.25, 0.3) is 0 Å². The second-order valence-corrected chi connectivity index (χ2v) is 4.53. The largest absolute Gasteiger partial charge is 0.494 e. The fourth-order valence-corrected chi connectivity index (χ4v) is 1.75. The first-order valence-electron chi connectivity index (χ1n) is 7.50. The number of carbonyl (C=O) groups is 2. The first-order chi connectivity index (χ1) is 10.7. The predicted octanol–water partition coefficient (Wildman–Crippen LogP) is 2.56. The van der Waals surface area contributed by atoms with E-state index in [4.69, 9.17) is 9.47 Å². The highest BCUT2D eigenvalue weighted by Gasteiger charge is 2.01. The maximum atomic E-state index is 11.6. The quantitative estimate of drug-likeness (QED) is 0.432. The summed E-state index contributed by atoms with van der Waals surface area (Å²) in [6, 6.07) is 7.49. The molecule has 0 saturated heterocycles. The van der Waals surface area contributed by atoms with Gasteiger partial charge in [-0.1, -0.05) is 12.1 Å². The van der Waals surface area contributed by atoms with Crippen molar-refractivity contribution >= 4 is 18.0 Å². The lowest BCUT2D eigenvalue weighted by atomic mass is 10.2. The topological polar surface area (TPSA) is 64.6 Å². The van der Waals surface area contributed by atoms with Gasteiger partial charge in [0.1, 0.15) is 5.75 Å². The Kier molecular flexibility index (Phi) is 8.42. The van der Waals surface area contributed by atoms with Gasteiger partial charge >= 0.3 is 5.97 Å². The summed E-state index contributed by atoms with van der Waals surface area (Å²) >= 11 is 0. The van der Waals surface area contributed by atoms with Crippen molar-refractivity contribution in [3.8, 4) is 5.75 Å². The zero-order valence-corrected chi connectivity index (χ0v) is 13.1. The van der Waals surface area contributed by atoms with E-state index >= 15 is 0 Å². The molecular formula is C17H23NO4. The monoisotopic (exact) mass is 305 g/mol. The molecule has 22 heavy (non-hydrogen) atoms. The van der Waals surface area contributed by atoms with Crippen LogP contribution in [0.25, 0.3) is 6.08 Å². The number of benzene rings is 1. The Morgan fingerprint density at radius 2 is 1.86 bits per heavy atom. The van der Waals surface area contributed by atoms with Crippen LogP contribution >= 0.6 is 0 Å². The van der Waals surface area contributed by atoms with Crippen LogP contribution in [0.2, 0.25) is 0 Å². The third kappa shape index (κ3) is 7.47. The van der Waals surface area contributed by atoms with E-state index in [1.54, 1.807) is 13.0 Å². The van der Waals surface area contributed by atoms with Crippen LogP contribution in [-0.4, -0.2) is 31.6 Å². The van der Waals surface area contributed by atoms with Gasteiger partial charge in [-0.25, -0.2) is 0 Å². The lowest BCUT2D eigenvalue weighted by molar-refractivity contribution is -0.143. The van der Waals surface area contributed by atoms with Crippen LogP contribution in [0.5, 0.6) is 5.75 Å². The highest BCUT2D eigenvalue weighted by molar-refractivity contribution is 5.91. The third-order valence-electron chi connectivity index (χ3n) is 2.78. The molecule has 0 aromatic heterocycles. The highest BCUT2D eigenvalue weighted by atomic mass is 16.5. The van der Waals surface area contributed by atoms with E-state index in [0.717, 1.165) is 11.3 Å². The number of hydrogen-bond donors (Lipinski definition) is 1. The molecule has 5 heteroatoms. The van der Waals surface area contributed by atoms with Crippen LogP contribution < -0.4 is 10.1 Å². The first-order valence-corrected chi connectivity index (χ1v) is 7.50. The summed E-state index contributed by atoms with van der Waals surface area (Å²) in [5.74, 6) is 0.391. The molecule has 1 aromatic carbocycles. The molecule has 0 bridgehead atoms. The second-order valence-electron chi connectivity index (χ2n) is 4.53. The standard InChI is InChI=1S/C17H23NO4/c1-3-21-15-10-7-14(8-11-15)9-12-16(19)18-13-5-6-17(20)22-4-2/h7-12H,3-6,13H2,1-2H3,(H,18,19)/b12-9+. The molecule has 1 N–H and O–H groups in total. The van der Waals surface area contributed by atoms with E-state index in [2.05, 4.69) is 5.32 Å². The van der Waals surface area contributed by atoms with E-state index in [1.807, 2.05) is 31.2 Å². The van der Waals surface area contributed by atoms with Crippen molar-refractivity contribution in [3.63, 3.8) is 0 Å². The Labute approximate surface area is 131 Å². The minimum absolute atomic E-state index is 0.183. The maximum absolute atomic E-state index is 11.6. The lowest BCUT2D eigenvalue weighted by Gasteiger charge is -2.03. The number of hydrogen-bond acceptors (Lipinski definition) is 4. The van der Waals surface area contributed by atoms with Gasteiger partial charge in [-0.3, -0.25) is 9.59 Å². The fourth-order valence-electron chi connectivity index (χ4n) is 1.75. The number of esters is 1. The molecule has 1 rings (SSSR count). The molecule has 5 nitrogen and oxygen atoms in total. The molecule has 0 heterocycles. The first kappa shape index (κ1) is 17.8. The Bertz CT molecular complexity index is 494. The van der Waals surface area contributed by atoms with Gasteiger partial charge < -0.3 is 14.8 Å². The summed E-state index contributed by atoms with van der Waals surface area (Å²) in [6.45, 7) is 5.16. The average Bonchev–Trinajstić information content (AvgIpc) is 2.51. The predicted molar refractivity (Wildman–Crippen MR) is 85.5 cm³/mol. The maximum Gasteiger partial charge on any atom is 0.305 e. The van der Waals surface area contributed by atoms with Crippen molar-refractivity contribution in [1.82, 2.24) is 5.32 Å². The molecule has 0 spiro atoms. The number of ether oxygens (including phenoxy) is 2. The summed E-state index contributed by atoms with van der Waals surface area (Å²) in [5.41, 5.74) is 0.921. The third-order valence-corrected chi connectivity index (χ3v) is 2.78. The van der Waals surface area contributed by atoms with Gasteiger partial charge in [0.2, 0.25) is 5.91 Å². The molecule has 120 valence electrons. The van der Waals surface area contributed by atoms with Crippen molar-refractivity contribution in [1.29, 1.82) is 0 Å². The Balaban J connectivity index is 2.27. The molecule has 0 atom stereocenters. The minimum atomic E-state index is -0.235. The zero-order valence-electron chi connectivity index (χ0n) is 13.1. The van der Waals surface area contributed by atoms with Gasteiger partial charge in [-0.05, 0) is 44.0 Å². The van der Waals surface area contributed by atoms with Crippen molar-refractivity contribution < 1.29 is 19.1 Å². The summed E-state index contributed by atoms with van der Waals surface area (Å²) in [5, 5.41) is 2.72. The van der Waals surface area contributed by atoms with E-state index in [-0.39, 0.29) is 11.9 Å². The number of amides is 1. The SMILES string of the molecule is CCOC(=O)CCCNC(=O)/C=C/c1ccc(OCC)cc1. The van der Waals surface area contributed by atoms with Gasteiger partial charge in [-0.2, -0.15) is 0 Å². The van der Waals surface area contributed by atoms with Crippen LogP contribution in [0.3, 0.4) is 0 Å². The van der Waals surface area contributed by atoms with Crippen LogP contribution in [-0.2, 0) is 14.3 Å². The van der Waals surface area contributed by atoms with Crippen LogP contribution in [0.15, 0.2) is 30.3 Å². The fraction of sp³-hybridized carbons (Fsp3) is 0.412. The lowest BCUT2D eigenvalue weighted by Crippen LogP contribution is -2.22. The second kappa shape index (κ2) is 10.4. The van der Waals surface area contributed by atoms with E-state index in [9.17, 15) is 9.59 Å². The highest BCUT2D eigenvalue weighted by Crippen LogP contribution is 2.12. The van der Waals surface area contributed by atoms with Crippen LogP contribution in [0.1, 0.15) is 32.3 Å². The number of rotatable bonds is 9. The normalized spacial score (nSPS) is 10.5. The summed E-state index contributed by atoms with van der Waals surface area (Å²) in [7, 11) is 0. The summed E-state index contributed by atoms with van der Waals surface area (Å²) in [4.78, 5) is 22.7. The summed E-state index contributed by atoms with van der Waals surface area (Å²) < 4.78 is 10.2. The molecule has 0 radical (unpaired) electrons. The van der Waals surface area contributed by atoms with Crippen molar-refractivity contribution in [3.05, 3.63) is 35.9 Å². The number of carbonyl (C=O) groups excluding carboxylic acids is 2. The molecule has 0 fully saturated rings. The van der Waals surface area contributed by atoms with Crippen LogP contribution in [0.4, 0.5) is 0 Å². The molecule has 1 amide bonds. The molecule has 0 aliphatic rings. The van der Waals surface area contributed by atoms with Gasteiger partial charge in [0.05, 0.1) is 13.2 Å². The van der Waals surface area contributed by atoms with Gasteiger partial charge in [0, 0.05) is 19.0 Å². The smallest absolute Gasteiger partial charge is 0.305 e. The molecule has 1 aromatic rings. The Morgan fingerprint density at radius 1 is 1.14 bits per heavy atom. The Morgan fingerprint density at radius 3 is 2.50 bits per heavy atom. The zero-order chi connectivity index (χ0) is 16.2. The van der Waals surface area contributed by atoms with Crippen LogP contribution in [0, 0.1) is 0 Å². The van der Waals surface area contributed by atoms with Gasteiger partial charge in [0.15, 0.2) is 0 Å². The van der Waals surface area contributed by atoms with Crippen molar-refractivity contribution in [2.75, 3.05) is 19.8 Å². The molecule has 0 aliphatic heterocycles. The molecule has 0 aliphatic carbocycles. The molecule has 0 unspecified atom stereocenters. The minimum Gasteiger partial charge on any atom is -0.494 e. The molecular weight excluding hydrogens is 282 g/mol. The van der Waals surface area contributed by atoms with E-state index in [0.29, 0.717) is 32.6 Å². The average molecular weight is 305 g/mol. The van der Waals surface area contributed by atoms with E-state index < -0.39 is 0 Å². The van der Waals surface area contributed by atoms with Gasteiger partial charge in [-0.15, -0.1) is 0 Å². The Hall–Kier alpha value is -2.30. The van der Waals surface area contributed by atoms with E-state index in [1.165, 1.54) is 6.08 Å². The summed E-state index contributed by atoms with van der Waals surface area (Å²) in [6.07, 6.45) is 4.09. The van der Waals surface area contributed by atoms with Crippen molar-refractivity contribution in [2.45, 2.75) is 26.7 Å². The molecule has 0 saturated carbocycles.